The number of hydrogen-bond acceptors (Lipinski definition) is 1. The molecule has 1 aliphatic rings. The highest BCUT2D eigenvalue weighted by Gasteiger charge is 2.48. The standard InChI is InChI=1S/C11H19N/c1-7(2)5-9-10(6-12)11(9)8(3)4/h9-11H,1,3,5-6,12H2,2,4H3. The van der Waals surface area contributed by atoms with Crippen molar-refractivity contribution in [1.82, 2.24) is 0 Å². The molecule has 1 saturated carbocycles. The van der Waals surface area contributed by atoms with Crippen LogP contribution in [0.2, 0.25) is 0 Å². The molecule has 0 saturated heterocycles. The average molecular weight is 165 g/mol. The van der Waals surface area contributed by atoms with Crippen LogP contribution >= 0.6 is 0 Å². The second-order valence-electron chi connectivity index (χ2n) is 4.10. The topological polar surface area (TPSA) is 26.0 Å². The van der Waals surface area contributed by atoms with Gasteiger partial charge in [-0.05, 0) is 44.6 Å². The largest absolute Gasteiger partial charge is 0.330 e. The summed E-state index contributed by atoms with van der Waals surface area (Å²) >= 11 is 0. The van der Waals surface area contributed by atoms with E-state index in [-0.39, 0.29) is 0 Å². The molecule has 0 radical (unpaired) electrons. The van der Waals surface area contributed by atoms with E-state index in [1.54, 1.807) is 0 Å². The highest BCUT2D eigenvalue weighted by atomic mass is 14.7. The van der Waals surface area contributed by atoms with Gasteiger partial charge in [0.1, 0.15) is 0 Å². The summed E-state index contributed by atoms with van der Waals surface area (Å²) in [5, 5.41) is 0. The van der Waals surface area contributed by atoms with Crippen LogP contribution in [0.4, 0.5) is 0 Å². The van der Waals surface area contributed by atoms with E-state index < -0.39 is 0 Å². The van der Waals surface area contributed by atoms with Crippen molar-refractivity contribution in [2.45, 2.75) is 20.3 Å². The fourth-order valence-electron chi connectivity index (χ4n) is 2.18. The van der Waals surface area contributed by atoms with Gasteiger partial charge >= 0.3 is 0 Å². The second kappa shape index (κ2) is 3.44. The van der Waals surface area contributed by atoms with Crippen LogP contribution in [0.15, 0.2) is 24.3 Å². The van der Waals surface area contributed by atoms with Gasteiger partial charge in [-0.15, -0.1) is 6.58 Å². The highest BCUT2D eigenvalue weighted by Crippen LogP contribution is 2.52. The minimum atomic E-state index is 0.673. The molecule has 12 heavy (non-hydrogen) atoms. The molecule has 1 fully saturated rings. The Kier molecular flexibility index (Phi) is 2.73. The Morgan fingerprint density at radius 2 is 1.83 bits per heavy atom. The van der Waals surface area contributed by atoms with Crippen molar-refractivity contribution in [3.8, 4) is 0 Å². The third kappa shape index (κ3) is 1.78. The summed E-state index contributed by atoms with van der Waals surface area (Å²) in [6.07, 6.45) is 1.12. The molecule has 0 heterocycles. The molecule has 0 aromatic heterocycles. The van der Waals surface area contributed by atoms with Crippen molar-refractivity contribution in [1.29, 1.82) is 0 Å². The van der Waals surface area contributed by atoms with E-state index in [0.717, 1.165) is 18.9 Å². The fourth-order valence-corrected chi connectivity index (χ4v) is 2.18. The van der Waals surface area contributed by atoms with E-state index in [2.05, 4.69) is 27.0 Å². The summed E-state index contributed by atoms with van der Waals surface area (Å²) in [5.74, 6) is 2.09. The maximum Gasteiger partial charge on any atom is -0.00400 e. The lowest BCUT2D eigenvalue weighted by atomic mass is 10.1. The van der Waals surface area contributed by atoms with Crippen molar-refractivity contribution in [3.05, 3.63) is 24.3 Å². The molecule has 0 amide bonds. The van der Waals surface area contributed by atoms with Gasteiger partial charge in [-0.3, -0.25) is 0 Å². The van der Waals surface area contributed by atoms with Crippen LogP contribution in [-0.4, -0.2) is 6.54 Å². The van der Waals surface area contributed by atoms with Gasteiger partial charge in [0.15, 0.2) is 0 Å². The molecule has 0 aromatic carbocycles. The smallest absolute Gasteiger partial charge is 0.00400 e. The van der Waals surface area contributed by atoms with Gasteiger partial charge in [0.2, 0.25) is 0 Å². The van der Waals surface area contributed by atoms with Gasteiger partial charge in [-0.1, -0.05) is 17.7 Å². The molecule has 0 aromatic rings. The summed E-state index contributed by atoms with van der Waals surface area (Å²) < 4.78 is 0. The molecular weight excluding hydrogens is 146 g/mol. The first-order valence-corrected chi connectivity index (χ1v) is 4.57. The second-order valence-corrected chi connectivity index (χ2v) is 4.10. The molecule has 1 nitrogen and oxygen atoms in total. The molecule has 1 rings (SSSR count). The van der Waals surface area contributed by atoms with Crippen molar-refractivity contribution in [2.24, 2.45) is 23.5 Å². The van der Waals surface area contributed by atoms with Crippen LogP contribution in [0.1, 0.15) is 20.3 Å². The zero-order chi connectivity index (χ0) is 9.30. The number of allylic oxidation sites excluding steroid dienone is 2. The summed E-state index contributed by atoms with van der Waals surface area (Å²) in [6.45, 7) is 12.9. The van der Waals surface area contributed by atoms with E-state index in [9.17, 15) is 0 Å². The van der Waals surface area contributed by atoms with Crippen LogP contribution in [0.25, 0.3) is 0 Å². The lowest BCUT2D eigenvalue weighted by Gasteiger charge is -1.96. The Hall–Kier alpha value is -0.560. The minimum absolute atomic E-state index is 0.673. The van der Waals surface area contributed by atoms with E-state index in [1.165, 1.54) is 11.1 Å². The molecule has 0 spiro atoms. The van der Waals surface area contributed by atoms with Crippen LogP contribution in [-0.2, 0) is 0 Å². The van der Waals surface area contributed by atoms with Crippen molar-refractivity contribution in [3.63, 3.8) is 0 Å². The predicted molar refractivity (Wildman–Crippen MR) is 53.8 cm³/mol. The first kappa shape index (κ1) is 9.53. The molecule has 1 heteroatoms. The zero-order valence-electron chi connectivity index (χ0n) is 8.14. The number of hydrogen-bond donors (Lipinski definition) is 1. The Bertz CT molecular complexity index is 205. The average Bonchev–Trinajstić information content (AvgIpc) is 2.60. The Morgan fingerprint density at radius 3 is 2.08 bits per heavy atom. The maximum absolute atomic E-state index is 5.66. The minimum Gasteiger partial charge on any atom is -0.330 e. The fraction of sp³-hybridized carbons (Fsp3) is 0.636. The zero-order valence-corrected chi connectivity index (χ0v) is 8.14. The Balaban J connectivity index is 2.47. The van der Waals surface area contributed by atoms with Gasteiger partial charge in [0.25, 0.3) is 0 Å². The highest BCUT2D eigenvalue weighted by molar-refractivity contribution is 5.17. The van der Waals surface area contributed by atoms with Gasteiger partial charge in [0, 0.05) is 0 Å². The van der Waals surface area contributed by atoms with Gasteiger partial charge in [0.05, 0.1) is 0 Å². The normalized spacial score (nSPS) is 33.1. The van der Waals surface area contributed by atoms with E-state index in [1.807, 2.05) is 0 Å². The molecule has 3 atom stereocenters. The summed E-state index contributed by atoms with van der Waals surface area (Å²) in [4.78, 5) is 0. The third-order valence-corrected chi connectivity index (χ3v) is 2.76. The summed E-state index contributed by atoms with van der Waals surface area (Å²) in [5.41, 5.74) is 8.21. The molecule has 0 bridgehead atoms. The maximum atomic E-state index is 5.66. The van der Waals surface area contributed by atoms with Crippen LogP contribution in [0.5, 0.6) is 0 Å². The van der Waals surface area contributed by atoms with E-state index in [4.69, 9.17) is 5.73 Å². The van der Waals surface area contributed by atoms with Crippen molar-refractivity contribution < 1.29 is 0 Å². The number of rotatable bonds is 4. The first-order chi connectivity index (χ1) is 5.57. The molecule has 2 N–H and O–H groups in total. The quantitative estimate of drug-likeness (QED) is 0.636. The van der Waals surface area contributed by atoms with Gasteiger partial charge in [-0.2, -0.15) is 0 Å². The molecule has 1 aliphatic carbocycles. The SMILES string of the molecule is C=C(C)CC1C(CN)C1C(=C)C. The molecule has 3 unspecified atom stereocenters. The molecule has 68 valence electrons. The number of nitrogens with two attached hydrogens (primary N) is 1. The Morgan fingerprint density at radius 1 is 1.25 bits per heavy atom. The van der Waals surface area contributed by atoms with Crippen molar-refractivity contribution in [2.75, 3.05) is 6.54 Å². The monoisotopic (exact) mass is 165 g/mol. The molecule has 0 aliphatic heterocycles. The van der Waals surface area contributed by atoms with Crippen LogP contribution in [0, 0.1) is 17.8 Å². The third-order valence-electron chi connectivity index (χ3n) is 2.76. The van der Waals surface area contributed by atoms with Gasteiger partial charge in [-0.25, -0.2) is 0 Å². The predicted octanol–water partition coefficient (Wildman–Crippen LogP) is 2.35. The van der Waals surface area contributed by atoms with Crippen molar-refractivity contribution >= 4 is 0 Å². The summed E-state index contributed by atoms with van der Waals surface area (Å²) in [6, 6.07) is 0. The Labute approximate surface area is 75.3 Å². The first-order valence-electron chi connectivity index (χ1n) is 4.57. The lowest BCUT2D eigenvalue weighted by molar-refractivity contribution is 0.701. The van der Waals surface area contributed by atoms with E-state index >= 15 is 0 Å². The van der Waals surface area contributed by atoms with Crippen LogP contribution < -0.4 is 5.73 Å². The lowest BCUT2D eigenvalue weighted by Crippen LogP contribution is -2.03. The van der Waals surface area contributed by atoms with E-state index in [0.29, 0.717) is 11.8 Å². The van der Waals surface area contributed by atoms with Gasteiger partial charge < -0.3 is 5.73 Å². The molecular formula is C11H19N. The van der Waals surface area contributed by atoms with Crippen LogP contribution in [0.3, 0.4) is 0 Å². The summed E-state index contributed by atoms with van der Waals surface area (Å²) in [7, 11) is 0.